The van der Waals surface area contributed by atoms with Crippen molar-refractivity contribution in [2.24, 2.45) is 0 Å². The van der Waals surface area contributed by atoms with Gasteiger partial charge in [0.2, 0.25) is 5.91 Å². The van der Waals surface area contributed by atoms with Crippen molar-refractivity contribution in [2.75, 3.05) is 14.1 Å². The molecule has 5 nitrogen and oxygen atoms in total. The fourth-order valence-corrected chi connectivity index (χ4v) is 2.45. The molecule has 1 saturated heterocycles. The summed E-state index contributed by atoms with van der Waals surface area (Å²) in [4.78, 5) is 27.4. The number of carbonyl (C=O) groups is 2. The SMILES string of the molecule is CNC(=O)N1[C@H](C)N(C)C(=O)[C@@H]1Cc1ccccc1. The first kappa shape index (κ1) is 13.4. The van der Waals surface area contributed by atoms with E-state index in [4.69, 9.17) is 0 Å². The van der Waals surface area contributed by atoms with Gasteiger partial charge in [-0.3, -0.25) is 9.69 Å². The monoisotopic (exact) mass is 261 g/mol. The van der Waals surface area contributed by atoms with E-state index in [1.807, 2.05) is 37.3 Å². The van der Waals surface area contributed by atoms with Crippen molar-refractivity contribution in [3.8, 4) is 0 Å². The minimum Gasteiger partial charge on any atom is -0.341 e. The quantitative estimate of drug-likeness (QED) is 0.865. The van der Waals surface area contributed by atoms with Gasteiger partial charge in [-0.2, -0.15) is 0 Å². The highest BCUT2D eigenvalue weighted by Crippen LogP contribution is 2.23. The predicted molar refractivity (Wildman–Crippen MR) is 72.5 cm³/mol. The molecule has 19 heavy (non-hydrogen) atoms. The molecule has 0 saturated carbocycles. The van der Waals surface area contributed by atoms with Crippen molar-refractivity contribution in [2.45, 2.75) is 25.6 Å². The van der Waals surface area contributed by atoms with Crippen LogP contribution in [0.25, 0.3) is 0 Å². The van der Waals surface area contributed by atoms with Gasteiger partial charge >= 0.3 is 6.03 Å². The first-order chi connectivity index (χ1) is 9.06. The van der Waals surface area contributed by atoms with Crippen LogP contribution in [0.2, 0.25) is 0 Å². The first-order valence-corrected chi connectivity index (χ1v) is 6.37. The van der Waals surface area contributed by atoms with Crippen LogP contribution in [0.3, 0.4) is 0 Å². The number of amides is 3. The predicted octanol–water partition coefficient (Wildman–Crippen LogP) is 1.06. The van der Waals surface area contributed by atoms with Gasteiger partial charge in [0, 0.05) is 20.5 Å². The highest BCUT2D eigenvalue weighted by molar-refractivity contribution is 5.90. The molecule has 5 heteroatoms. The number of hydrogen-bond donors (Lipinski definition) is 1. The number of likely N-dealkylation sites (N-methyl/N-ethyl adjacent to an activating group) is 1. The third-order valence-electron chi connectivity index (χ3n) is 3.65. The summed E-state index contributed by atoms with van der Waals surface area (Å²) in [7, 11) is 3.31. The Bertz CT molecular complexity index is 475. The third-order valence-corrected chi connectivity index (χ3v) is 3.65. The average molecular weight is 261 g/mol. The zero-order valence-electron chi connectivity index (χ0n) is 11.5. The Morgan fingerprint density at radius 3 is 2.53 bits per heavy atom. The Balaban J connectivity index is 2.25. The summed E-state index contributed by atoms with van der Waals surface area (Å²) in [5.74, 6) is -0.0139. The summed E-state index contributed by atoms with van der Waals surface area (Å²) in [6.07, 6.45) is 0.322. The van der Waals surface area contributed by atoms with Crippen molar-refractivity contribution >= 4 is 11.9 Å². The molecule has 1 aliphatic rings. The number of hydrogen-bond acceptors (Lipinski definition) is 2. The van der Waals surface area contributed by atoms with E-state index in [0.717, 1.165) is 5.56 Å². The minimum atomic E-state index is -0.428. The maximum Gasteiger partial charge on any atom is 0.319 e. The van der Waals surface area contributed by atoms with Gasteiger partial charge in [0.25, 0.3) is 0 Å². The molecule has 3 amide bonds. The standard InChI is InChI=1S/C14H19N3O2/c1-10-16(3)13(18)12(17(10)14(19)15-2)9-11-7-5-4-6-8-11/h4-8,10,12H,9H2,1-3H3,(H,15,19)/t10-,12+/m1/s1. The molecule has 102 valence electrons. The molecule has 1 fully saturated rings. The molecule has 1 aliphatic heterocycles. The maximum atomic E-state index is 12.3. The summed E-state index contributed by atoms with van der Waals surface area (Å²) in [5, 5.41) is 2.60. The highest BCUT2D eigenvalue weighted by atomic mass is 16.2. The lowest BCUT2D eigenvalue weighted by atomic mass is 10.1. The van der Waals surface area contributed by atoms with Crippen LogP contribution in [0.4, 0.5) is 4.79 Å². The number of nitrogens with zero attached hydrogens (tertiary/aromatic N) is 2. The molecule has 1 aromatic rings. The molecule has 1 heterocycles. The van der Waals surface area contributed by atoms with E-state index >= 15 is 0 Å². The largest absolute Gasteiger partial charge is 0.341 e. The normalized spacial score (nSPS) is 22.8. The summed E-state index contributed by atoms with van der Waals surface area (Å²) < 4.78 is 0. The molecule has 2 atom stereocenters. The zero-order valence-corrected chi connectivity index (χ0v) is 11.5. The van der Waals surface area contributed by atoms with E-state index in [9.17, 15) is 9.59 Å². The lowest BCUT2D eigenvalue weighted by molar-refractivity contribution is -0.128. The fraction of sp³-hybridized carbons (Fsp3) is 0.429. The molecule has 2 rings (SSSR count). The number of urea groups is 1. The molecular weight excluding hydrogens is 242 g/mol. The van der Waals surface area contributed by atoms with Gasteiger partial charge in [0.15, 0.2) is 0 Å². The topological polar surface area (TPSA) is 52.7 Å². The summed E-state index contributed by atoms with van der Waals surface area (Å²) in [6.45, 7) is 1.86. The molecule has 1 aromatic carbocycles. The van der Waals surface area contributed by atoms with Gasteiger partial charge in [-0.1, -0.05) is 30.3 Å². The van der Waals surface area contributed by atoms with E-state index in [-0.39, 0.29) is 18.1 Å². The van der Waals surface area contributed by atoms with E-state index < -0.39 is 6.04 Å². The second-order valence-electron chi connectivity index (χ2n) is 4.75. The van der Waals surface area contributed by atoms with Crippen LogP contribution in [0.15, 0.2) is 30.3 Å². The van der Waals surface area contributed by atoms with Gasteiger partial charge in [0.05, 0.1) is 0 Å². The van der Waals surface area contributed by atoms with Crippen molar-refractivity contribution in [1.29, 1.82) is 0 Å². The second kappa shape index (κ2) is 5.30. The van der Waals surface area contributed by atoms with Crippen molar-refractivity contribution in [3.63, 3.8) is 0 Å². The van der Waals surface area contributed by atoms with Crippen LogP contribution in [0.5, 0.6) is 0 Å². The summed E-state index contributed by atoms with van der Waals surface area (Å²) >= 11 is 0. The number of rotatable bonds is 2. The van der Waals surface area contributed by atoms with Gasteiger partial charge in [-0.05, 0) is 12.5 Å². The molecule has 0 bridgehead atoms. The molecule has 0 aromatic heterocycles. The summed E-state index contributed by atoms with van der Waals surface area (Å²) in [5.41, 5.74) is 1.05. The Morgan fingerprint density at radius 1 is 1.32 bits per heavy atom. The van der Waals surface area contributed by atoms with Gasteiger partial charge in [0.1, 0.15) is 12.2 Å². The van der Waals surface area contributed by atoms with E-state index in [1.54, 1.807) is 23.9 Å². The molecule has 0 spiro atoms. The molecule has 1 N–H and O–H groups in total. The van der Waals surface area contributed by atoms with Crippen LogP contribution < -0.4 is 5.32 Å². The Labute approximate surface area is 113 Å². The Kier molecular flexibility index (Phi) is 3.74. The number of benzene rings is 1. The lowest BCUT2D eigenvalue weighted by Crippen LogP contribution is -2.47. The number of nitrogens with one attached hydrogen (secondary N) is 1. The fourth-order valence-electron chi connectivity index (χ4n) is 2.45. The molecule has 0 unspecified atom stereocenters. The van der Waals surface area contributed by atoms with E-state index in [2.05, 4.69) is 5.32 Å². The van der Waals surface area contributed by atoms with Crippen molar-refractivity contribution in [3.05, 3.63) is 35.9 Å². The van der Waals surface area contributed by atoms with Gasteiger partial charge in [-0.15, -0.1) is 0 Å². The molecule has 0 aliphatic carbocycles. The van der Waals surface area contributed by atoms with Crippen LogP contribution in [0, 0.1) is 0 Å². The van der Waals surface area contributed by atoms with Crippen molar-refractivity contribution in [1.82, 2.24) is 15.1 Å². The molecular formula is C14H19N3O2. The smallest absolute Gasteiger partial charge is 0.319 e. The second-order valence-corrected chi connectivity index (χ2v) is 4.75. The summed E-state index contributed by atoms with van der Waals surface area (Å²) in [6, 6.07) is 9.11. The average Bonchev–Trinajstić information content (AvgIpc) is 2.64. The Hall–Kier alpha value is -2.04. The van der Waals surface area contributed by atoms with Gasteiger partial charge < -0.3 is 10.2 Å². The van der Waals surface area contributed by atoms with E-state index in [1.165, 1.54) is 0 Å². The van der Waals surface area contributed by atoms with Crippen LogP contribution in [-0.2, 0) is 11.2 Å². The van der Waals surface area contributed by atoms with Gasteiger partial charge in [-0.25, -0.2) is 4.79 Å². The van der Waals surface area contributed by atoms with E-state index in [0.29, 0.717) is 6.42 Å². The highest BCUT2D eigenvalue weighted by Gasteiger charge is 2.44. The van der Waals surface area contributed by atoms with Crippen molar-refractivity contribution < 1.29 is 9.59 Å². The Morgan fingerprint density at radius 2 is 1.95 bits per heavy atom. The van der Waals surface area contributed by atoms with Crippen LogP contribution >= 0.6 is 0 Å². The number of carbonyl (C=O) groups excluding carboxylic acids is 2. The van der Waals surface area contributed by atoms with Crippen LogP contribution in [0.1, 0.15) is 12.5 Å². The maximum absolute atomic E-state index is 12.3. The zero-order chi connectivity index (χ0) is 14.0. The molecule has 0 radical (unpaired) electrons. The first-order valence-electron chi connectivity index (χ1n) is 6.37. The lowest BCUT2D eigenvalue weighted by Gasteiger charge is -2.26. The van der Waals surface area contributed by atoms with Crippen LogP contribution in [-0.4, -0.2) is 48.0 Å². The third kappa shape index (κ3) is 2.41. The minimum absolute atomic E-state index is 0.0139.